The zero-order valence-electron chi connectivity index (χ0n) is 8.70. The minimum atomic E-state index is -2.79. The molecule has 0 bridgehead atoms. The third-order valence-corrected chi connectivity index (χ3v) is 2.04. The normalized spacial score (nSPS) is 11.8. The number of alkyl halides is 2. The minimum Gasteiger partial charge on any atom is -0.314 e. The van der Waals surface area contributed by atoms with Crippen molar-refractivity contribution in [2.75, 3.05) is 13.6 Å². The highest BCUT2D eigenvalue weighted by atomic mass is 19.3. The molecule has 1 nitrogen and oxygen atoms in total. The largest absolute Gasteiger partial charge is 0.314 e. The molecular formula is C11H15F2N. The van der Waals surface area contributed by atoms with Crippen LogP contribution in [0.15, 0.2) is 18.2 Å². The van der Waals surface area contributed by atoms with Gasteiger partial charge in [-0.25, -0.2) is 0 Å². The molecule has 78 valence electrons. The van der Waals surface area contributed by atoms with Crippen molar-refractivity contribution in [1.29, 1.82) is 0 Å². The fourth-order valence-corrected chi connectivity index (χ4v) is 1.51. The summed E-state index contributed by atoms with van der Waals surface area (Å²) in [4.78, 5) is 0. The summed E-state index contributed by atoms with van der Waals surface area (Å²) in [5.41, 5.74) is 1.83. The maximum atomic E-state index is 13.5. The Morgan fingerprint density at radius 1 is 1.14 bits per heavy atom. The van der Waals surface area contributed by atoms with Crippen molar-refractivity contribution < 1.29 is 8.78 Å². The Balaban J connectivity index is 3.05. The zero-order valence-corrected chi connectivity index (χ0v) is 8.70. The molecule has 0 heterocycles. The van der Waals surface area contributed by atoms with Gasteiger partial charge in [0.15, 0.2) is 0 Å². The lowest BCUT2D eigenvalue weighted by molar-refractivity contribution is -0.00136. The van der Waals surface area contributed by atoms with Crippen LogP contribution in [0.4, 0.5) is 8.78 Å². The molecule has 0 spiro atoms. The van der Waals surface area contributed by atoms with Crippen molar-refractivity contribution in [1.82, 2.24) is 5.32 Å². The number of rotatable bonds is 3. The second-order valence-corrected chi connectivity index (χ2v) is 3.61. The van der Waals surface area contributed by atoms with Crippen molar-refractivity contribution in [3.05, 3.63) is 34.9 Å². The van der Waals surface area contributed by atoms with Crippen LogP contribution in [0.3, 0.4) is 0 Å². The number of benzene rings is 1. The maximum absolute atomic E-state index is 13.5. The third kappa shape index (κ3) is 2.51. The Bertz CT molecular complexity index is 301. The summed E-state index contributed by atoms with van der Waals surface area (Å²) >= 11 is 0. The van der Waals surface area contributed by atoms with E-state index in [1.165, 1.54) is 19.2 Å². The summed E-state index contributed by atoms with van der Waals surface area (Å²) in [6.45, 7) is 3.33. The highest BCUT2D eigenvalue weighted by Gasteiger charge is 2.30. The van der Waals surface area contributed by atoms with Crippen LogP contribution >= 0.6 is 0 Å². The average molecular weight is 199 g/mol. The Kier molecular flexibility index (Phi) is 3.21. The van der Waals surface area contributed by atoms with Crippen LogP contribution in [-0.4, -0.2) is 13.6 Å². The van der Waals surface area contributed by atoms with Crippen molar-refractivity contribution in [2.45, 2.75) is 19.8 Å². The molecule has 0 radical (unpaired) electrons. The third-order valence-electron chi connectivity index (χ3n) is 2.04. The molecule has 0 amide bonds. The zero-order chi connectivity index (χ0) is 10.8. The van der Waals surface area contributed by atoms with Gasteiger partial charge in [-0.3, -0.25) is 0 Å². The van der Waals surface area contributed by atoms with Crippen molar-refractivity contribution in [3.63, 3.8) is 0 Å². The standard InChI is InChI=1S/C11H15F2N/c1-8-4-9(2)6-10(5-8)11(12,13)7-14-3/h4-6,14H,7H2,1-3H3. The van der Waals surface area contributed by atoms with Gasteiger partial charge in [0.2, 0.25) is 0 Å². The number of likely N-dealkylation sites (N-methyl/N-ethyl adjacent to an activating group) is 1. The van der Waals surface area contributed by atoms with E-state index >= 15 is 0 Å². The quantitative estimate of drug-likeness (QED) is 0.789. The molecule has 3 heteroatoms. The fourth-order valence-electron chi connectivity index (χ4n) is 1.51. The van der Waals surface area contributed by atoms with Crippen molar-refractivity contribution >= 4 is 0 Å². The molecule has 1 aromatic rings. The summed E-state index contributed by atoms with van der Waals surface area (Å²) in [7, 11) is 1.52. The molecule has 0 aromatic heterocycles. The van der Waals surface area contributed by atoms with Gasteiger partial charge in [-0.1, -0.05) is 29.3 Å². The molecule has 0 aliphatic carbocycles. The molecule has 0 fully saturated rings. The van der Waals surface area contributed by atoms with Gasteiger partial charge in [0.05, 0.1) is 6.54 Å². The van der Waals surface area contributed by atoms with E-state index in [0.717, 1.165) is 11.1 Å². The van der Waals surface area contributed by atoms with Gasteiger partial charge < -0.3 is 5.32 Å². The first-order valence-electron chi connectivity index (χ1n) is 4.57. The minimum absolute atomic E-state index is 0.0874. The molecule has 14 heavy (non-hydrogen) atoms. The molecule has 0 aliphatic heterocycles. The van der Waals surface area contributed by atoms with Gasteiger partial charge in [-0.05, 0) is 20.9 Å². The number of halogens is 2. The molecule has 0 saturated carbocycles. The Hall–Kier alpha value is -0.960. The second kappa shape index (κ2) is 4.05. The van der Waals surface area contributed by atoms with Gasteiger partial charge in [0, 0.05) is 5.56 Å². The van der Waals surface area contributed by atoms with E-state index in [2.05, 4.69) is 5.32 Å². The van der Waals surface area contributed by atoms with E-state index in [4.69, 9.17) is 0 Å². The van der Waals surface area contributed by atoms with Crippen LogP contribution in [0, 0.1) is 13.8 Å². The number of hydrogen-bond acceptors (Lipinski definition) is 1. The molecule has 0 unspecified atom stereocenters. The van der Waals surface area contributed by atoms with Gasteiger partial charge in [0.1, 0.15) is 0 Å². The summed E-state index contributed by atoms with van der Waals surface area (Å²) in [6, 6.07) is 4.95. The Morgan fingerprint density at radius 3 is 2.07 bits per heavy atom. The van der Waals surface area contributed by atoms with Gasteiger partial charge in [0.25, 0.3) is 5.92 Å². The van der Waals surface area contributed by atoms with Crippen LogP contribution in [0.2, 0.25) is 0 Å². The van der Waals surface area contributed by atoms with E-state index in [9.17, 15) is 8.78 Å². The molecule has 1 N–H and O–H groups in total. The SMILES string of the molecule is CNCC(F)(F)c1cc(C)cc(C)c1. The van der Waals surface area contributed by atoms with Crippen LogP contribution < -0.4 is 5.32 Å². The van der Waals surface area contributed by atoms with Gasteiger partial charge >= 0.3 is 0 Å². The van der Waals surface area contributed by atoms with E-state index in [1.807, 2.05) is 19.9 Å². The first-order valence-corrected chi connectivity index (χ1v) is 4.57. The lowest BCUT2D eigenvalue weighted by Crippen LogP contribution is -2.28. The maximum Gasteiger partial charge on any atom is 0.285 e. The monoisotopic (exact) mass is 199 g/mol. The van der Waals surface area contributed by atoms with E-state index in [-0.39, 0.29) is 12.1 Å². The van der Waals surface area contributed by atoms with Gasteiger partial charge in [-0.2, -0.15) is 8.78 Å². The fraction of sp³-hybridized carbons (Fsp3) is 0.455. The number of hydrogen-bond donors (Lipinski definition) is 1. The molecule has 0 saturated heterocycles. The topological polar surface area (TPSA) is 12.0 Å². The first-order chi connectivity index (χ1) is 6.45. The summed E-state index contributed by atoms with van der Waals surface area (Å²) in [5, 5.41) is 2.50. The summed E-state index contributed by atoms with van der Waals surface area (Å²) in [5.74, 6) is -2.79. The van der Waals surface area contributed by atoms with Crippen molar-refractivity contribution in [2.24, 2.45) is 0 Å². The lowest BCUT2D eigenvalue weighted by Gasteiger charge is -2.17. The van der Waals surface area contributed by atoms with E-state index < -0.39 is 5.92 Å². The summed E-state index contributed by atoms with van der Waals surface area (Å²) < 4.78 is 26.9. The number of aryl methyl sites for hydroxylation is 2. The molecular weight excluding hydrogens is 184 g/mol. The highest BCUT2D eigenvalue weighted by molar-refractivity contribution is 5.31. The van der Waals surface area contributed by atoms with Crippen LogP contribution in [0.1, 0.15) is 16.7 Å². The highest BCUT2D eigenvalue weighted by Crippen LogP contribution is 2.28. The second-order valence-electron chi connectivity index (χ2n) is 3.61. The smallest absolute Gasteiger partial charge is 0.285 e. The van der Waals surface area contributed by atoms with Crippen molar-refractivity contribution in [3.8, 4) is 0 Å². The lowest BCUT2D eigenvalue weighted by atomic mass is 10.0. The predicted molar refractivity (Wildman–Crippen MR) is 53.7 cm³/mol. The molecule has 0 atom stereocenters. The molecule has 0 aliphatic rings. The van der Waals surface area contributed by atoms with Crippen LogP contribution in [-0.2, 0) is 5.92 Å². The van der Waals surface area contributed by atoms with Crippen LogP contribution in [0.5, 0.6) is 0 Å². The summed E-state index contributed by atoms with van der Waals surface area (Å²) in [6.07, 6.45) is 0. The molecule has 1 aromatic carbocycles. The van der Waals surface area contributed by atoms with E-state index in [0.29, 0.717) is 0 Å². The Morgan fingerprint density at radius 2 is 1.64 bits per heavy atom. The predicted octanol–water partition coefficient (Wildman–Crippen LogP) is 2.61. The molecule has 1 rings (SSSR count). The van der Waals surface area contributed by atoms with E-state index in [1.54, 1.807) is 0 Å². The number of nitrogens with one attached hydrogen (secondary N) is 1. The van der Waals surface area contributed by atoms with Crippen LogP contribution in [0.25, 0.3) is 0 Å². The van der Waals surface area contributed by atoms with Gasteiger partial charge in [-0.15, -0.1) is 0 Å². The first kappa shape index (κ1) is 11.1. The average Bonchev–Trinajstić information content (AvgIpc) is 2.02. The Labute approximate surface area is 83.1 Å².